The number of rotatable bonds is 2. The van der Waals surface area contributed by atoms with E-state index in [-0.39, 0.29) is 0 Å². The first-order chi connectivity index (χ1) is 9.36. The van der Waals surface area contributed by atoms with Crippen molar-refractivity contribution in [2.24, 2.45) is 0 Å². The molecule has 4 heteroatoms. The fraction of sp³-hybridized carbons (Fsp3) is 0.133. The molecule has 1 aromatic rings. The van der Waals surface area contributed by atoms with Crippen LogP contribution in [0.25, 0.3) is 0 Å². The van der Waals surface area contributed by atoms with Gasteiger partial charge in [-0.05, 0) is 0 Å². The monoisotopic (exact) mass is 295 g/mol. The van der Waals surface area contributed by atoms with Gasteiger partial charge in [-0.1, -0.05) is 0 Å². The second-order valence-electron chi connectivity index (χ2n) is 3.18. The molecule has 19 heavy (non-hydrogen) atoms. The summed E-state index contributed by atoms with van der Waals surface area (Å²) < 4.78 is 1.27. The van der Waals surface area contributed by atoms with Gasteiger partial charge in [0.15, 0.2) is 0 Å². The molecule has 0 unspecified atom stereocenters. The van der Waals surface area contributed by atoms with Gasteiger partial charge in [0.2, 0.25) is 0 Å². The van der Waals surface area contributed by atoms with Crippen LogP contribution in [-0.4, -0.2) is 20.4 Å². The number of benzene rings is 1. The van der Waals surface area contributed by atoms with Gasteiger partial charge in [0, 0.05) is 0 Å². The minimum absolute atomic E-state index is 1.02. The molecule has 0 amide bonds. The third-order valence-corrected chi connectivity index (χ3v) is 2.77. The molecule has 0 saturated heterocycles. The summed E-state index contributed by atoms with van der Waals surface area (Å²) in [4.78, 5) is 22.5. The van der Waals surface area contributed by atoms with Gasteiger partial charge in [-0.25, -0.2) is 0 Å². The Morgan fingerprint density at radius 1 is 0.947 bits per heavy atom. The summed E-state index contributed by atoms with van der Waals surface area (Å²) in [6.45, 7) is 13.5. The Kier molecular flexibility index (Phi) is 14.7. The molecule has 0 spiro atoms. The van der Waals surface area contributed by atoms with E-state index in [2.05, 4.69) is 72.8 Å². The van der Waals surface area contributed by atoms with E-state index in [0.717, 1.165) is 12.8 Å². The minimum atomic E-state index is 1.02. The third kappa shape index (κ3) is 8.03. The molecule has 1 aromatic carbocycles. The van der Waals surface area contributed by atoms with Crippen molar-refractivity contribution in [2.75, 3.05) is 0 Å². The predicted molar refractivity (Wildman–Crippen MR) is 68.0 cm³/mol. The Hall–Kier alpha value is -1.77. The molecular weight excluding hydrogens is 284 g/mol. The molecule has 1 aliphatic carbocycles. The van der Waals surface area contributed by atoms with Crippen molar-refractivity contribution in [1.29, 1.82) is 0 Å². The van der Waals surface area contributed by atoms with Crippen LogP contribution in [0.3, 0.4) is 0 Å². The SMILES string of the molecule is [C]=O.[C]=O.[C]=O.[Fe][C]1=C(Cc2ccccc2)C=CC1. The maximum atomic E-state index is 7.50. The van der Waals surface area contributed by atoms with E-state index in [1.54, 1.807) is 0 Å². The van der Waals surface area contributed by atoms with Crippen LogP contribution >= 0.6 is 0 Å². The van der Waals surface area contributed by atoms with Crippen molar-refractivity contribution in [1.82, 2.24) is 0 Å². The molecule has 0 aromatic heterocycles. The maximum absolute atomic E-state index is 7.50. The summed E-state index contributed by atoms with van der Waals surface area (Å²) in [6, 6.07) is 10.5. The molecule has 0 heterocycles. The molecule has 97 valence electrons. The van der Waals surface area contributed by atoms with Crippen LogP contribution in [0.1, 0.15) is 12.0 Å². The topological polar surface area (TPSA) is 51.2 Å². The molecule has 0 N–H and O–H groups in total. The Morgan fingerprint density at radius 3 is 1.89 bits per heavy atom. The van der Waals surface area contributed by atoms with Crippen LogP contribution in [-0.2, 0) is 36.8 Å². The molecule has 2 rings (SSSR count). The molecule has 6 radical (unpaired) electrons. The zero-order valence-electron chi connectivity index (χ0n) is 10.0. The Bertz CT molecular complexity index is 394. The molecule has 0 fully saturated rings. The number of hydrogen-bond donors (Lipinski definition) is 0. The summed E-state index contributed by atoms with van der Waals surface area (Å²) in [6.07, 6.45) is 6.42. The van der Waals surface area contributed by atoms with E-state index in [1.165, 1.54) is 15.6 Å². The van der Waals surface area contributed by atoms with Crippen LogP contribution < -0.4 is 0 Å². The van der Waals surface area contributed by atoms with Gasteiger partial charge >= 0.3 is 86.9 Å². The van der Waals surface area contributed by atoms with Crippen LogP contribution in [0.5, 0.6) is 0 Å². The van der Waals surface area contributed by atoms with Crippen molar-refractivity contribution >= 4 is 20.4 Å². The van der Waals surface area contributed by atoms with Crippen molar-refractivity contribution in [3.05, 3.63) is 58.1 Å². The first-order valence-corrected chi connectivity index (χ1v) is 5.59. The van der Waals surface area contributed by atoms with Crippen LogP contribution in [0.15, 0.2) is 52.5 Å². The molecule has 3 nitrogen and oxygen atoms in total. The Morgan fingerprint density at radius 2 is 1.47 bits per heavy atom. The van der Waals surface area contributed by atoms with Crippen LogP contribution in [0, 0.1) is 0 Å². The summed E-state index contributed by atoms with van der Waals surface area (Å²) >= 11 is 4.03. The molecule has 0 atom stereocenters. The van der Waals surface area contributed by atoms with E-state index in [0.29, 0.717) is 0 Å². The fourth-order valence-electron chi connectivity index (χ4n) is 1.49. The van der Waals surface area contributed by atoms with Gasteiger partial charge in [0.25, 0.3) is 20.4 Å². The quantitative estimate of drug-likeness (QED) is 0.782. The Labute approximate surface area is 122 Å². The average Bonchev–Trinajstić information content (AvgIpc) is 2.92. The van der Waals surface area contributed by atoms with Crippen molar-refractivity contribution in [3.8, 4) is 0 Å². The van der Waals surface area contributed by atoms with E-state index in [1.807, 2.05) is 6.07 Å². The molecular formula is C15H11FeO3. The van der Waals surface area contributed by atoms with E-state index >= 15 is 0 Å². The fourth-order valence-corrected chi connectivity index (χ4v) is 1.81. The van der Waals surface area contributed by atoms with Gasteiger partial charge in [-0.3, -0.25) is 14.4 Å². The zero-order chi connectivity index (χ0) is 15.1. The summed E-state index contributed by atoms with van der Waals surface area (Å²) in [5.41, 5.74) is 2.75. The number of allylic oxidation sites excluding steroid dienone is 4. The van der Waals surface area contributed by atoms with Gasteiger partial charge in [-0.2, -0.15) is 0 Å². The van der Waals surface area contributed by atoms with Crippen molar-refractivity contribution in [3.63, 3.8) is 0 Å². The van der Waals surface area contributed by atoms with Crippen molar-refractivity contribution in [2.45, 2.75) is 12.8 Å². The summed E-state index contributed by atoms with van der Waals surface area (Å²) in [5.74, 6) is 0. The number of hydrogen-bond acceptors (Lipinski definition) is 3. The van der Waals surface area contributed by atoms with Crippen molar-refractivity contribution < 1.29 is 30.4 Å². The van der Waals surface area contributed by atoms with E-state index < -0.39 is 0 Å². The second kappa shape index (κ2) is 14.3. The normalized spacial score (nSPS) is 11.2. The molecule has 0 saturated carbocycles. The second-order valence-corrected chi connectivity index (χ2v) is 3.85. The molecule has 1 aliphatic rings. The van der Waals surface area contributed by atoms with Gasteiger partial charge in [0.05, 0.1) is 0 Å². The Balaban J connectivity index is 0. The first kappa shape index (κ1) is 19.6. The molecule has 0 aliphatic heterocycles. The van der Waals surface area contributed by atoms with E-state index in [4.69, 9.17) is 14.4 Å². The molecule has 0 bridgehead atoms. The van der Waals surface area contributed by atoms with Gasteiger partial charge < -0.3 is 0 Å². The summed E-state index contributed by atoms with van der Waals surface area (Å²) in [5, 5.41) is 0. The first-order valence-electron chi connectivity index (χ1n) is 5.04. The average molecular weight is 295 g/mol. The summed E-state index contributed by atoms with van der Waals surface area (Å²) in [7, 11) is 0. The zero-order valence-corrected chi connectivity index (χ0v) is 11.1. The number of carbonyl (C=O) groups excluding carboxylic acids is 3. The van der Waals surface area contributed by atoms with E-state index in [9.17, 15) is 0 Å². The standard InChI is InChI=1S/C12H11.3CO.Fe/c1-2-6-11(7-3-1)10-12-8-4-5-9-12;3*1-2;/h1-4,6-8H,5,10H2;;;;. The predicted octanol–water partition coefficient (Wildman–Crippen LogP) is 1.80. The van der Waals surface area contributed by atoms with Crippen LogP contribution in [0.2, 0.25) is 0 Å². The van der Waals surface area contributed by atoms with Crippen LogP contribution in [0.4, 0.5) is 0 Å². The van der Waals surface area contributed by atoms with Gasteiger partial charge in [-0.15, -0.1) is 0 Å². The van der Waals surface area contributed by atoms with Gasteiger partial charge in [0.1, 0.15) is 0 Å². The third-order valence-electron chi connectivity index (χ3n) is 2.19.